The van der Waals surface area contributed by atoms with Crippen molar-refractivity contribution in [3.63, 3.8) is 0 Å². The SMILES string of the molecule is CC(C)N(CCCO)c1ccccn1. The summed E-state index contributed by atoms with van der Waals surface area (Å²) in [6, 6.07) is 6.30. The second-order valence-electron chi connectivity index (χ2n) is 3.55. The molecule has 0 aliphatic heterocycles. The molecule has 0 spiro atoms. The normalized spacial score (nSPS) is 10.6. The van der Waals surface area contributed by atoms with Crippen molar-refractivity contribution >= 4 is 5.82 Å². The van der Waals surface area contributed by atoms with Crippen LogP contribution in [0.4, 0.5) is 5.82 Å². The van der Waals surface area contributed by atoms with Gasteiger partial charge < -0.3 is 10.0 Å². The highest BCUT2D eigenvalue weighted by Gasteiger charge is 2.09. The van der Waals surface area contributed by atoms with Gasteiger partial charge in [0, 0.05) is 25.4 Å². The van der Waals surface area contributed by atoms with Crippen molar-refractivity contribution in [3.8, 4) is 0 Å². The zero-order chi connectivity index (χ0) is 10.4. The zero-order valence-electron chi connectivity index (χ0n) is 8.85. The lowest BCUT2D eigenvalue weighted by Crippen LogP contribution is -2.32. The lowest BCUT2D eigenvalue weighted by molar-refractivity contribution is 0.288. The van der Waals surface area contributed by atoms with E-state index in [1.807, 2.05) is 18.2 Å². The first-order valence-electron chi connectivity index (χ1n) is 5.04. The Hall–Kier alpha value is -1.09. The highest BCUT2D eigenvalue weighted by molar-refractivity contribution is 5.38. The Labute approximate surface area is 85.4 Å². The predicted molar refractivity (Wildman–Crippen MR) is 58.4 cm³/mol. The molecule has 0 saturated carbocycles. The van der Waals surface area contributed by atoms with Crippen molar-refractivity contribution < 1.29 is 5.11 Å². The molecule has 14 heavy (non-hydrogen) atoms. The van der Waals surface area contributed by atoms with Gasteiger partial charge in [0.05, 0.1) is 0 Å². The molecule has 1 aromatic rings. The van der Waals surface area contributed by atoms with Crippen molar-refractivity contribution in [2.45, 2.75) is 26.3 Å². The van der Waals surface area contributed by atoms with Crippen LogP contribution in [-0.2, 0) is 0 Å². The van der Waals surface area contributed by atoms with Gasteiger partial charge in [-0.15, -0.1) is 0 Å². The maximum absolute atomic E-state index is 8.80. The average Bonchev–Trinajstić information content (AvgIpc) is 2.19. The number of hydrogen-bond acceptors (Lipinski definition) is 3. The number of aliphatic hydroxyl groups is 1. The molecule has 1 rings (SSSR count). The molecule has 1 heterocycles. The molecule has 0 unspecified atom stereocenters. The highest BCUT2D eigenvalue weighted by atomic mass is 16.3. The quantitative estimate of drug-likeness (QED) is 0.774. The highest BCUT2D eigenvalue weighted by Crippen LogP contribution is 2.12. The van der Waals surface area contributed by atoms with E-state index in [1.165, 1.54) is 0 Å². The van der Waals surface area contributed by atoms with Crippen LogP contribution in [0.2, 0.25) is 0 Å². The summed E-state index contributed by atoms with van der Waals surface area (Å²) >= 11 is 0. The Kier molecular flexibility index (Phi) is 4.40. The molecule has 0 aliphatic rings. The molecule has 0 aromatic carbocycles. The zero-order valence-corrected chi connectivity index (χ0v) is 8.85. The molecule has 0 amide bonds. The van der Waals surface area contributed by atoms with Crippen molar-refractivity contribution in [2.24, 2.45) is 0 Å². The molecule has 1 N–H and O–H groups in total. The third-order valence-corrected chi connectivity index (χ3v) is 2.12. The molecule has 0 saturated heterocycles. The number of rotatable bonds is 5. The predicted octanol–water partition coefficient (Wildman–Crippen LogP) is 1.68. The van der Waals surface area contributed by atoms with Gasteiger partial charge >= 0.3 is 0 Å². The van der Waals surface area contributed by atoms with Gasteiger partial charge in [-0.1, -0.05) is 6.07 Å². The fourth-order valence-electron chi connectivity index (χ4n) is 1.40. The van der Waals surface area contributed by atoms with E-state index in [0.717, 1.165) is 18.8 Å². The molecular formula is C11H18N2O. The van der Waals surface area contributed by atoms with Gasteiger partial charge in [-0.25, -0.2) is 4.98 Å². The Morgan fingerprint density at radius 2 is 2.21 bits per heavy atom. The molecule has 0 atom stereocenters. The summed E-state index contributed by atoms with van der Waals surface area (Å²) in [5.41, 5.74) is 0. The van der Waals surface area contributed by atoms with Gasteiger partial charge in [0.1, 0.15) is 5.82 Å². The van der Waals surface area contributed by atoms with E-state index in [-0.39, 0.29) is 6.61 Å². The fraction of sp³-hybridized carbons (Fsp3) is 0.545. The first kappa shape index (κ1) is 11.0. The second-order valence-corrected chi connectivity index (χ2v) is 3.55. The van der Waals surface area contributed by atoms with Crippen molar-refractivity contribution in [1.29, 1.82) is 0 Å². The van der Waals surface area contributed by atoms with E-state index in [1.54, 1.807) is 6.20 Å². The summed E-state index contributed by atoms with van der Waals surface area (Å²) in [7, 11) is 0. The topological polar surface area (TPSA) is 36.4 Å². The summed E-state index contributed by atoms with van der Waals surface area (Å²) in [6.45, 7) is 5.35. The maximum atomic E-state index is 8.80. The lowest BCUT2D eigenvalue weighted by Gasteiger charge is -2.27. The van der Waals surface area contributed by atoms with Crippen LogP contribution in [0, 0.1) is 0 Å². The van der Waals surface area contributed by atoms with Gasteiger partial charge in [-0.2, -0.15) is 0 Å². The van der Waals surface area contributed by atoms with Crippen LogP contribution in [0.1, 0.15) is 20.3 Å². The van der Waals surface area contributed by atoms with Crippen LogP contribution in [-0.4, -0.2) is 29.3 Å². The van der Waals surface area contributed by atoms with Crippen molar-refractivity contribution in [3.05, 3.63) is 24.4 Å². The average molecular weight is 194 g/mol. The minimum absolute atomic E-state index is 0.232. The van der Waals surface area contributed by atoms with E-state index in [2.05, 4.69) is 23.7 Å². The molecular weight excluding hydrogens is 176 g/mol. The Morgan fingerprint density at radius 3 is 2.71 bits per heavy atom. The Bertz CT molecular complexity index is 249. The molecule has 3 nitrogen and oxygen atoms in total. The Morgan fingerprint density at radius 1 is 1.43 bits per heavy atom. The van der Waals surface area contributed by atoms with E-state index < -0.39 is 0 Å². The van der Waals surface area contributed by atoms with E-state index >= 15 is 0 Å². The number of pyridine rings is 1. The van der Waals surface area contributed by atoms with Gasteiger partial charge in [0.25, 0.3) is 0 Å². The molecule has 78 valence electrons. The number of anilines is 1. The lowest BCUT2D eigenvalue weighted by atomic mass is 10.2. The van der Waals surface area contributed by atoms with Crippen LogP contribution in [0.25, 0.3) is 0 Å². The molecule has 0 fully saturated rings. The molecule has 0 bridgehead atoms. The molecule has 0 aliphatic carbocycles. The van der Waals surface area contributed by atoms with E-state index in [0.29, 0.717) is 6.04 Å². The standard InChI is InChI=1S/C11H18N2O/c1-10(2)13(8-5-9-14)11-6-3-4-7-12-11/h3-4,6-7,10,14H,5,8-9H2,1-2H3. The van der Waals surface area contributed by atoms with Crippen LogP contribution >= 0.6 is 0 Å². The van der Waals surface area contributed by atoms with Gasteiger partial charge in [-0.3, -0.25) is 0 Å². The van der Waals surface area contributed by atoms with Crippen LogP contribution < -0.4 is 4.90 Å². The summed E-state index contributed by atoms with van der Waals surface area (Å²) in [4.78, 5) is 6.49. The van der Waals surface area contributed by atoms with Crippen LogP contribution in [0.5, 0.6) is 0 Å². The van der Waals surface area contributed by atoms with Crippen LogP contribution in [0.15, 0.2) is 24.4 Å². The molecule has 1 aromatic heterocycles. The number of aliphatic hydroxyl groups excluding tert-OH is 1. The van der Waals surface area contributed by atoms with E-state index in [4.69, 9.17) is 5.11 Å². The third-order valence-electron chi connectivity index (χ3n) is 2.12. The van der Waals surface area contributed by atoms with Gasteiger partial charge in [-0.05, 0) is 32.4 Å². The van der Waals surface area contributed by atoms with Crippen molar-refractivity contribution in [2.75, 3.05) is 18.1 Å². The van der Waals surface area contributed by atoms with Crippen LogP contribution in [0.3, 0.4) is 0 Å². The van der Waals surface area contributed by atoms with Gasteiger partial charge in [0.15, 0.2) is 0 Å². The number of hydrogen-bond donors (Lipinski definition) is 1. The number of nitrogens with zero attached hydrogens (tertiary/aromatic N) is 2. The first-order chi connectivity index (χ1) is 6.75. The summed E-state index contributed by atoms with van der Waals surface area (Å²) in [6.07, 6.45) is 2.58. The fourth-order valence-corrected chi connectivity index (χ4v) is 1.40. The monoisotopic (exact) mass is 194 g/mol. The summed E-state index contributed by atoms with van der Waals surface area (Å²) < 4.78 is 0. The largest absolute Gasteiger partial charge is 0.396 e. The third kappa shape index (κ3) is 3.00. The minimum atomic E-state index is 0.232. The molecule has 3 heteroatoms. The second kappa shape index (κ2) is 5.60. The maximum Gasteiger partial charge on any atom is 0.128 e. The van der Waals surface area contributed by atoms with Crippen molar-refractivity contribution in [1.82, 2.24) is 4.98 Å². The summed E-state index contributed by atoms with van der Waals surface area (Å²) in [5.74, 6) is 0.982. The number of aromatic nitrogens is 1. The van der Waals surface area contributed by atoms with Gasteiger partial charge in [0.2, 0.25) is 0 Å². The minimum Gasteiger partial charge on any atom is -0.396 e. The van der Waals surface area contributed by atoms with E-state index in [9.17, 15) is 0 Å². The molecule has 0 radical (unpaired) electrons. The Balaban J connectivity index is 2.68. The smallest absolute Gasteiger partial charge is 0.128 e. The summed E-state index contributed by atoms with van der Waals surface area (Å²) in [5, 5.41) is 8.80. The first-order valence-corrected chi connectivity index (χ1v) is 5.04.